The number of nitrogens with zero attached hydrogens (tertiary/aromatic N) is 3. The number of rotatable bonds is 9. The predicted molar refractivity (Wildman–Crippen MR) is 133 cm³/mol. The zero-order valence-corrected chi connectivity index (χ0v) is 20.0. The molecule has 9 nitrogen and oxygen atoms in total. The molecular weight excluding hydrogens is 462 g/mol. The van der Waals surface area contributed by atoms with Gasteiger partial charge in [0.2, 0.25) is 0 Å². The van der Waals surface area contributed by atoms with E-state index in [1.54, 1.807) is 33.7 Å². The van der Waals surface area contributed by atoms with Gasteiger partial charge in [0.15, 0.2) is 17.2 Å². The van der Waals surface area contributed by atoms with Crippen LogP contribution in [0, 0.1) is 6.92 Å². The first-order chi connectivity index (χ1) is 16.1. The maximum absolute atomic E-state index is 12.2. The Labute approximate surface area is 200 Å². The summed E-state index contributed by atoms with van der Waals surface area (Å²) in [5.41, 5.74) is 7.63. The molecule has 0 bridgehead atoms. The second kappa shape index (κ2) is 11.6. The second-order valence-corrected chi connectivity index (χ2v) is 10.0. The molecule has 3 N–H and O–H groups in total. The maximum Gasteiger partial charge on any atom is 0.412 e. The number of amides is 1. The first kappa shape index (κ1) is 23.7. The van der Waals surface area contributed by atoms with Crippen LogP contribution in [0.3, 0.4) is 0 Å². The van der Waals surface area contributed by atoms with E-state index in [1.165, 1.54) is 0 Å². The van der Waals surface area contributed by atoms with Crippen molar-refractivity contribution in [1.82, 2.24) is 15.3 Å². The summed E-state index contributed by atoms with van der Waals surface area (Å²) in [7, 11) is 3.36. The number of aromatic nitrogens is 2. The van der Waals surface area contributed by atoms with Crippen molar-refractivity contribution in [3.63, 3.8) is 0 Å². The van der Waals surface area contributed by atoms with Gasteiger partial charge in [0.25, 0.3) is 0 Å². The third-order valence-corrected chi connectivity index (χ3v) is 7.27. The van der Waals surface area contributed by atoms with Gasteiger partial charge in [0, 0.05) is 49.3 Å². The molecule has 0 unspecified atom stereocenters. The van der Waals surface area contributed by atoms with E-state index in [1.807, 2.05) is 25.1 Å². The number of furan rings is 1. The normalized spacial score (nSPS) is 13.9. The number of carbonyl (C=O) groups is 1. The largest absolute Gasteiger partial charge is 0.456 e. The Morgan fingerprint density at radius 1 is 1.21 bits per heavy atom. The van der Waals surface area contributed by atoms with Crippen LogP contribution >= 0.6 is 21.6 Å². The van der Waals surface area contributed by atoms with Gasteiger partial charge < -0.3 is 29.8 Å². The SMILES string of the molecule is Cc1cc2nc(-c3cccc(OC(=O)NCCSSCCN)c3)nc(N3CCOCC3)c2o1. The lowest BCUT2D eigenvalue weighted by Crippen LogP contribution is -2.37. The number of hydrogen-bond donors (Lipinski definition) is 2. The number of anilines is 1. The van der Waals surface area contributed by atoms with Crippen LogP contribution < -0.4 is 20.7 Å². The molecular formula is C22H27N5O4S2. The minimum Gasteiger partial charge on any atom is -0.456 e. The summed E-state index contributed by atoms with van der Waals surface area (Å²) in [6.07, 6.45) is -0.493. The Hall–Kier alpha value is -2.47. The fraction of sp³-hybridized carbons (Fsp3) is 0.409. The molecule has 33 heavy (non-hydrogen) atoms. The van der Waals surface area contributed by atoms with Gasteiger partial charge in [-0.05, 0) is 19.1 Å². The molecule has 2 aromatic heterocycles. The summed E-state index contributed by atoms with van der Waals surface area (Å²) in [6.45, 7) is 5.81. The summed E-state index contributed by atoms with van der Waals surface area (Å²) in [5.74, 6) is 4.17. The smallest absolute Gasteiger partial charge is 0.412 e. The standard InChI is InChI=1S/C22H27N5O4S2/c1-15-13-18-19(30-15)21(27-7-9-29-10-8-27)26-20(25-18)16-3-2-4-17(14-16)31-22(28)24-6-12-33-32-11-5-23/h2-4,13-14H,5-12,23H2,1H3,(H,24,28). The van der Waals surface area contributed by atoms with Crippen LogP contribution in [0.15, 0.2) is 34.7 Å². The molecule has 3 heterocycles. The Morgan fingerprint density at radius 2 is 2.03 bits per heavy atom. The van der Waals surface area contributed by atoms with Gasteiger partial charge in [-0.15, -0.1) is 0 Å². The number of carbonyl (C=O) groups excluding carboxylic acids is 1. The Morgan fingerprint density at radius 3 is 2.85 bits per heavy atom. The molecule has 1 aromatic carbocycles. The number of fused-ring (bicyclic) bond motifs is 1. The maximum atomic E-state index is 12.2. The zero-order valence-electron chi connectivity index (χ0n) is 18.4. The Kier molecular flexibility index (Phi) is 8.32. The molecule has 1 saturated heterocycles. The molecule has 0 saturated carbocycles. The highest BCUT2D eigenvalue weighted by molar-refractivity contribution is 8.76. The van der Waals surface area contributed by atoms with E-state index in [0.717, 1.165) is 47.3 Å². The van der Waals surface area contributed by atoms with Crippen molar-refractivity contribution in [2.75, 3.05) is 55.8 Å². The highest BCUT2D eigenvalue weighted by atomic mass is 33.1. The van der Waals surface area contributed by atoms with Crippen LogP contribution in [0.2, 0.25) is 0 Å². The van der Waals surface area contributed by atoms with Crippen LogP contribution in [0.1, 0.15) is 5.76 Å². The van der Waals surface area contributed by atoms with Crippen molar-refractivity contribution in [1.29, 1.82) is 0 Å². The van der Waals surface area contributed by atoms with Crippen LogP contribution in [0.5, 0.6) is 5.75 Å². The number of morpholine rings is 1. The van der Waals surface area contributed by atoms with Gasteiger partial charge in [-0.2, -0.15) is 0 Å². The van der Waals surface area contributed by atoms with E-state index in [9.17, 15) is 4.79 Å². The monoisotopic (exact) mass is 489 g/mol. The minimum absolute atomic E-state index is 0.426. The topological polar surface area (TPSA) is 116 Å². The minimum atomic E-state index is -0.493. The molecule has 1 amide bonds. The third kappa shape index (κ3) is 6.32. The van der Waals surface area contributed by atoms with Gasteiger partial charge >= 0.3 is 6.09 Å². The van der Waals surface area contributed by atoms with E-state index >= 15 is 0 Å². The van der Waals surface area contributed by atoms with Gasteiger partial charge in [-0.25, -0.2) is 14.8 Å². The molecule has 0 atom stereocenters. The average molecular weight is 490 g/mol. The predicted octanol–water partition coefficient (Wildman–Crippen LogP) is 3.46. The van der Waals surface area contributed by atoms with Gasteiger partial charge in [-0.1, -0.05) is 33.7 Å². The van der Waals surface area contributed by atoms with Gasteiger partial charge in [0.1, 0.15) is 17.0 Å². The first-order valence-corrected chi connectivity index (χ1v) is 13.2. The number of nitrogens with two attached hydrogens (primary N) is 1. The molecule has 1 aliphatic heterocycles. The molecule has 0 radical (unpaired) electrons. The third-order valence-electron chi connectivity index (χ3n) is 4.83. The summed E-state index contributed by atoms with van der Waals surface area (Å²) >= 11 is 0. The Bertz CT molecular complexity index is 1090. The lowest BCUT2D eigenvalue weighted by atomic mass is 10.2. The molecule has 176 valence electrons. The lowest BCUT2D eigenvalue weighted by Gasteiger charge is -2.27. The molecule has 0 spiro atoms. The van der Waals surface area contributed by atoms with Crippen LogP contribution in [-0.2, 0) is 4.74 Å². The average Bonchev–Trinajstić information content (AvgIpc) is 3.21. The number of aryl methyl sites for hydroxylation is 1. The molecule has 1 fully saturated rings. The quantitative estimate of drug-likeness (QED) is 0.342. The Balaban J connectivity index is 1.48. The van der Waals surface area contributed by atoms with E-state index in [4.69, 9.17) is 29.6 Å². The van der Waals surface area contributed by atoms with Crippen molar-refractivity contribution in [2.45, 2.75) is 6.92 Å². The van der Waals surface area contributed by atoms with Crippen molar-refractivity contribution >= 4 is 44.6 Å². The van der Waals surface area contributed by atoms with Gasteiger partial charge in [-0.3, -0.25) is 0 Å². The first-order valence-electron chi connectivity index (χ1n) is 10.8. The number of hydrogen-bond acceptors (Lipinski definition) is 10. The van der Waals surface area contributed by atoms with Crippen molar-refractivity contribution < 1.29 is 18.7 Å². The highest BCUT2D eigenvalue weighted by Gasteiger charge is 2.21. The highest BCUT2D eigenvalue weighted by Crippen LogP contribution is 2.31. The van der Waals surface area contributed by atoms with Crippen LogP contribution in [0.25, 0.3) is 22.5 Å². The van der Waals surface area contributed by atoms with Crippen molar-refractivity contribution in [2.24, 2.45) is 5.73 Å². The molecule has 11 heteroatoms. The number of nitrogens with one attached hydrogen (secondary N) is 1. The fourth-order valence-electron chi connectivity index (χ4n) is 3.36. The summed E-state index contributed by atoms with van der Waals surface area (Å²) in [6, 6.07) is 9.12. The number of ether oxygens (including phenoxy) is 2. The van der Waals surface area contributed by atoms with Crippen LogP contribution in [-0.4, -0.2) is 67.0 Å². The van der Waals surface area contributed by atoms with Gasteiger partial charge in [0.05, 0.1) is 13.2 Å². The molecule has 4 rings (SSSR count). The lowest BCUT2D eigenvalue weighted by molar-refractivity contribution is 0.122. The van der Waals surface area contributed by atoms with Crippen molar-refractivity contribution in [3.05, 3.63) is 36.1 Å². The summed E-state index contributed by atoms with van der Waals surface area (Å²) in [4.78, 5) is 23.8. The molecule has 1 aliphatic rings. The van der Waals surface area contributed by atoms with E-state index in [0.29, 0.717) is 43.5 Å². The van der Waals surface area contributed by atoms with E-state index in [-0.39, 0.29) is 0 Å². The molecule has 3 aromatic rings. The fourth-order valence-corrected chi connectivity index (χ4v) is 5.12. The van der Waals surface area contributed by atoms with Crippen LogP contribution in [0.4, 0.5) is 10.6 Å². The number of benzene rings is 1. The molecule has 0 aliphatic carbocycles. The van der Waals surface area contributed by atoms with E-state index < -0.39 is 6.09 Å². The van der Waals surface area contributed by atoms with E-state index in [2.05, 4.69) is 10.2 Å². The summed E-state index contributed by atoms with van der Waals surface area (Å²) < 4.78 is 16.8. The van der Waals surface area contributed by atoms with Crippen molar-refractivity contribution in [3.8, 4) is 17.1 Å². The zero-order chi connectivity index (χ0) is 23.0. The second-order valence-electron chi connectivity index (χ2n) is 7.32. The summed E-state index contributed by atoms with van der Waals surface area (Å²) in [5, 5.41) is 2.76.